The van der Waals surface area contributed by atoms with Crippen molar-refractivity contribution in [3.05, 3.63) is 100 Å². The lowest BCUT2D eigenvalue weighted by Gasteiger charge is -2.39. The summed E-state index contributed by atoms with van der Waals surface area (Å²) in [6.07, 6.45) is 1.32. The van der Waals surface area contributed by atoms with Gasteiger partial charge in [-0.3, -0.25) is 9.59 Å². The first kappa shape index (κ1) is 22.0. The predicted molar refractivity (Wildman–Crippen MR) is 124 cm³/mol. The van der Waals surface area contributed by atoms with Crippen LogP contribution in [-0.4, -0.2) is 23.3 Å². The standard InChI is InChI=1S/C26H24ClFN2O2/c1-17-3-2-4-19(15-17)24-14-7-20(25(31)29-23-12-8-21(27)9-13-23)16-30(24)26(32)18-5-10-22(28)11-6-18/h2-6,8-13,15,20,24H,7,14,16H2,1H3,(H,29,31). The topological polar surface area (TPSA) is 49.4 Å². The third-order valence-corrected chi connectivity index (χ3v) is 6.10. The number of rotatable bonds is 4. The van der Waals surface area contributed by atoms with E-state index in [1.54, 1.807) is 29.2 Å². The summed E-state index contributed by atoms with van der Waals surface area (Å²) in [6.45, 7) is 2.30. The van der Waals surface area contributed by atoms with Gasteiger partial charge in [0, 0.05) is 22.8 Å². The molecule has 6 heteroatoms. The fourth-order valence-electron chi connectivity index (χ4n) is 4.17. The quantitative estimate of drug-likeness (QED) is 0.528. The second-order valence-electron chi connectivity index (χ2n) is 8.16. The highest BCUT2D eigenvalue weighted by molar-refractivity contribution is 6.30. The zero-order valence-electron chi connectivity index (χ0n) is 17.7. The Morgan fingerprint density at radius 1 is 1.00 bits per heavy atom. The number of nitrogens with zero attached hydrogens (tertiary/aromatic N) is 1. The van der Waals surface area contributed by atoms with Crippen LogP contribution in [0.4, 0.5) is 10.1 Å². The van der Waals surface area contributed by atoms with Gasteiger partial charge < -0.3 is 10.2 Å². The summed E-state index contributed by atoms with van der Waals surface area (Å²) < 4.78 is 13.4. The van der Waals surface area contributed by atoms with E-state index in [0.29, 0.717) is 29.1 Å². The molecule has 2 amide bonds. The number of aryl methyl sites for hydroxylation is 1. The third-order valence-electron chi connectivity index (χ3n) is 5.84. The van der Waals surface area contributed by atoms with Crippen LogP contribution in [0.5, 0.6) is 0 Å². The van der Waals surface area contributed by atoms with E-state index < -0.39 is 5.82 Å². The minimum Gasteiger partial charge on any atom is -0.331 e. The fraction of sp³-hybridized carbons (Fsp3) is 0.231. The van der Waals surface area contributed by atoms with Gasteiger partial charge in [-0.15, -0.1) is 0 Å². The monoisotopic (exact) mass is 450 g/mol. The summed E-state index contributed by atoms with van der Waals surface area (Å²) in [5.74, 6) is -1.08. The van der Waals surface area contributed by atoms with Gasteiger partial charge in [-0.2, -0.15) is 0 Å². The summed E-state index contributed by atoms with van der Waals surface area (Å²) in [6, 6.07) is 20.4. The number of amides is 2. The van der Waals surface area contributed by atoms with Gasteiger partial charge in [0.15, 0.2) is 0 Å². The molecule has 1 aliphatic heterocycles. The largest absolute Gasteiger partial charge is 0.331 e. The van der Waals surface area contributed by atoms with Crippen molar-refractivity contribution in [2.24, 2.45) is 5.92 Å². The van der Waals surface area contributed by atoms with Gasteiger partial charge in [0.25, 0.3) is 5.91 Å². The number of likely N-dealkylation sites (tertiary alicyclic amines) is 1. The fourth-order valence-corrected chi connectivity index (χ4v) is 4.30. The molecule has 3 aromatic carbocycles. The van der Waals surface area contributed by atoms with E-state index in [4.69, 9.17) is 11.6 Å². The molecule has 1 heterocycles. The molecular formula is C26H24ClFN2O2. The van der Waals surface area contributed by atoms with E-state index in [1.807, 2.05) is 25.1 Å². The van der Waals surface area contributed by atoms with Crippen molar-refractivity contribution in [2.75, 3.05) is 11.9 Å². The van der Waals surface area contributed by atoms with Crippen LogP contribution in [0.2, 0.25) is 5.02 Å². The molecule has 4 nitrogen and oxygen atoms in total. The normalized spacial score (nSPS) is 18.3. The van der Waals surface area contributed by atoms with E-state index in [-0.39, 0.29) is 30.3 Å². The number of benzene rings is 3. The van der Waals surface area contributed by atoms with E-state index in [0.717, 1.165) is 11.1 Å². The van der Waals surface area contributed by atoms with Crippen molar-refractivity contribution in [3.63, 3.8) is 0 Å². The van der Waals surface area contributed by atoms with Crippen molar-refractivity contribution in [3.8, 4) is 0 Å². The van der Waals surface area contributed by atoms with E-state index >= 15 is 0 Å². The van der Waals surface area contributed by atoms with Crippen molar-refractivity contribution in [1.29, 1.82) is 0 Å². The molecule has 3 aromatic rings. The first-order chi connectivity index (χ1) is 15.4. The Morgan fingerprint density at radius 2 is 1.72 bits per heavy atom. The molecule has 32 heavy (non-hydrogen) atoms. The van der Waals surface area contributed by atoms with Crippen LogP contribution in [0.1, 0.15) is 40.4 Å². The number of hydrogen-bond donors (Lipinski definition) is 1. The van der Waals surface area contributed by atoms with E-state index in [2.05, 4.69) is 11.4 Å². The zero-order valence-corrected chi connectivity index (χ0v) is 18.5. The number of halogens is 2. The Labute approximate surface area is 192 Å². The van der Waals surface area contributed by atoms with Crippen LogP contribution < -0.4 is 5.32 Å². The summed E-state index contributed by atoms with van der Waals surface area (Å²) in [7, 11) is 0. The molecule has 1 fully saturated rings. The first-order valence-electron chi connectivity index (χ1n) is 10.6. The molecule has 0 bridgehead atoms. The summed E-state index contributed by atoms with van der Waals surface area (Å²) in [4.78, 5) is 28.1. The van der Waals surface area contributed by atoms with Crippen LogP contribution in [0.3, 0.4) is 0 Å². The molecule has 2 atom stereocenters. The number of anilines is 1. The average molecular weight is 451 g/mol. The maximum atomic E-state index is 13.4. The Morgan fingerprint density at radius 3 is 2.41 bits per heavy atom. The number of nitrogens with one attached hydrogen (secondary N) is 1. The Hall–Kier alpha value is -3.18. The number of piperidine rings is 1. The lowest BCUT2D eigenvalue weighted by atomic mass is 9.87. The van der Waals surface area contributed by atoms with Crippen LogP contribution in [0.25, 0.3) is 0 Å². The van der Waals surface area contributed by atoms with Crippen LogP contribution in [0, 0.1) is 18.7 Å². The molecule has 4 rings (SSSR count). The van der Waals surface area contributed by atoms with E-state index in [1.165, 1.54) is 24.3 Å². The Kier molecular flexibility index (Phi) is 6.56. The second-order valence-corrected chi connectivity index (χ2v) is 8.60. The molecule has 0 saturated carbocycles. The van der Waals surface area contributed by atoms with Gasteiger partial charge in [-0.05, 0) is 73.9 Å². The van der Waals surface area contributed by atoms with Crippen molar-refractivity contribution in [2.45, 2.75) is 25.8 Å². The summed E-state index contributed by atoms with van der Waals surface area (Å²) >= 11 is 5.92. The van der Waals surface area contributed by atoms with E-state index in [9.17, 15) is 14.0 Å². The molecule has 0 aliphatic carbocycles. The van der Waals surface area contributed by atoms with Crippen molar-refractivity contribution in [1.82, 2.24) is 4.90 Å². The van der Waals surface area contributed by atoms with Gasteiger partial charge in [0.2, 0.25) is 5.91 Å². The molecule has 0 radical (unpaired) electrons. The first-order valence-corrected chi connectivity index (χ1v) is 11.0. The lowest BCUT2D eigenvalue weighted by molar-refractivity contribution is -0.121. The third kappa shape index (κ3) is 5.00. The highest BCUT2D eigenvalue weighted by Crippen LogP contribution is 2.35. The highest BCUT2D eigenvalue weighted by atomic mass is 35.5. The van der Waals surface area contributed by atoms with Gasteiger partial charge >= 0.3 is 0 Å². The van der Waals surface area contributed by atoms with Crippen molar-refractivity contribution >= 4 is 29.1 Å². The minimum absolute atomic E-state index is 0.132. The molecule has 164 valence electrons. The van der Waals surface area contributed by atoms with Gasteiger partial charge in [-0.1, -0.05) is 41.4 Å². The van der Waals surface area contributed by atoms with Gasteiger partial charge in [0.05, 0.1) is 12.0 Å². The molecule has 1 N–H and O–H groups in total. The average Bonchev–Trinajstić information content (AvgIpc) is 2.80. The Bertz CT molecular complexity index is 1120. The smallest absolute Gasteiger partial charge is 0.254 e. The zero-order chi connectivity index (χ0) is 22.7. The van der Waals surface area contributed by atoms with Gasteiger partial charge in [-0.25, -0.2) is 4.39 Å². The molecule has 1 saturated heterocycles. The minimum atomic E-state index is -0.393. The highest BCUT2D eigenvalue weighted by Gasteiger charge is 2.36. The maximum Gasteiger partial charge on any atom is 0.254 e. The Balaban J connectivity index is 1.58. The van der Waals surface area contributed by atoms with Crippen LogP contribution in [0.15, 0.2) is 72.8 Å². The molecule has 0 spiro atoms. The van der Waals surface area contributed by atoms with Crippen LogP contribution in [-0.2, 0) is 4.79 Å². The SMILES string of the molecule is Cc1cccc(C2CCC(C(=O)Nc3ccc(Cl)cc3)CN2C(=O)c2ccc(F)cc2)c1. The van der Waals surface area contributed by atoms with Crippen LogP contribution >= 0.6 is 11.6 Å². The molecule has 2 unspecified atom stereocenters. The predicted octanol–water partition coefficient (Wildman–Crippen LogP) is 6.02. The number of carbonyl (C=O) groups excluding carboxylic acids is 2. The molecule has 1 aliphatic rings. The maximum absolute atomic E-state index is 13.4. The summed E-state index contributed by atoms with van der Waals surface area (Å²) in [5, 5.41) is 3.52. The second kappa shape index (κ2) is 9.53. The lowest BCUT2D eigenvalue weighted by Crippen LogP contribution is -2.45. The molecule has 0 aromatic heterocycles. The van der Waals surface area contributed by atoms with Crippen molar-refractivity contribution < 1.29 is 14.0 Å². The summed E-state index contributed by atoms with van der Waals surface area (Å²) in [5.41, 5.74) is 3.22. The number of carbonyl (C=O) groups is 2. The molecular weight excluding hydrogens is 427 g/mol. The number of hydrogen-bond acceptors (Lipinski definition) is 2. The van der Waals surface area contributed by atoms with Gasteiger partial charge in [0.1, 0.15) is 5.82 Å².